The van der Waals surface area contributed by atoms with Gasteiger partial charge in [-0.15, -0.1) is 0 Å². The fourth-order valence-electron chi connectivity index (χ4n) is 3.65. The van der Waals surface area contributed by atoms with Gasteiger partial charge in [-0.2, -0.15) is 13.2 Å². The van der Waals surface area contributed by atoms with Gasteiger partial charge >= 0.3 is 6.18 Å². The number of anilines is 2. The number of hydrogen-bond acceptors (Lipinski definition) is 5. The van der Waals surface area contributed by atoms with Crippen molar-refractivity contribution in [2.45, 2.75) is 25.4 Å². The van der Waals surface area contributed by atoms with Gasteiger partial charge in [0.1, 0.15) is 5.69 Å². The Hall–Kier alpha value is -3.63. The van der Waals surface area contributed by atoms with Crippen LogP contribution in [-0.4, -0.2) is 41.3 Å². The third kappa shape index (κ3) is 6.43. The van der Waals surface area contributed by atoms with Crippen LogP contribution in [0.5, 0.6) is 0 Å². The highest BCUT2D eigenvalue weighted by molar-refractivity contribution is 5.93. The number of nitro benzene ring substituents is 1. The Morgan fingerprint density at radius 1 is 1.15 bits per heavy atom. The summed E-state index contributed by atoms with van der Waals surface area (Å²) >= 11 is 0. The van der Waals surface area contributed by atoms with Crippen LogP contribution in [0.25, 0.3) is 0 Å². The van der Waals surface area contributed by atoms with Crippen molar-refractivity contribution in [1.29, 1.82) is 0 Å². The zero-order chi connectivity index (χ0) is 24.0. The minimum absolute atomic E-state index is 0.00240. The average molecular weight is 464 g/mol. The Kier molecular flexibility index (Phi) is 7.52. The summed E-state index contributed by atoms with van der Waals surface area (Å²) in [6, 6.07) is 11.2. The molecule has 0 spiro atoms. The highest BCUT2D eigenvalue weighted by atomic mass is 19.4. The Morgan fingerprint density at radius 2 is 1.88 bits per heavy atom. The molecule has 2 aromatic rings. The number of likely N-dealkylation sites (tertiary alicyclic amines) is 1. The Bertz CT molecular complexity index is 1010. The molecule has 33 heavy (non-hydrogen) atoms. The van der Waals surface area contributed by atoms with E-state index in [1.54, 1.807) is 29.2 Å². The molecule has 0 aromatic heterocycles. The van der Waals surface area contributed by atoms with Crippen LogP contribution < -0.4 is 10.6 Å². The number of hydrogen-bond donors (Lipinski definition) is 2. The van der Waals surface area contributed by atoms with E-state index < -0.39 is 22.4 Å². The third-order valence-corrected chi connectivity index (χ3v) is 5.36. The van der Waals surface area contributed by atoms with Gasteiger partial charge in [-0.25, -0.2) is 0 Å². The predicted molar refractivity (Wildman–Crippen MR) is 116 cm³/mol. The Balaban J connectivity index is 1.54. The number of carbonyl (C=O) groups excluding carboxylic acids is 2. The minimum atomic E-state index is -4.70. The molecular weight excluding hydrogens is 441 g/mol. The van der Waals surface area contributed by atoms with E-state index in [1.165, 1.54) is 0 Å². The van der Waals surface area contributed by atoms with E-state index >= 15 is 0 Å². The van der Waals surface area contributed by atoms with E-state index in [0.717, 1.165) is 12.1 Å². The summed E-state index contributed by atoms with van der Waals surface area (Å²) in [7, 11) is 0. The largest absolute Gasteiger partial charge is 0.416 e. The predicted octanol–water partition coefficient (Wildman–Crippen LogP) is 4.29. The number of para-hydroxylation sites is 1. The molecule has 11 heteroatoms. The molecule has 1 unspecified atom stereocenters. The van der Waals surface area contributed by atoms with Gasteiger partial charge in [0, 0.05) is 37.8 Å². The van der Waals surface area contributed by atoms with Gasteiger partial charge in [0.05, 0.1) is 16.4 Å². The number of piperidine rings is 1. The maximum absolute atomic E-state index is 12.8. The molecule has 1 aliphatic heterocycles. The molecule has 1 heterocycles. The number of rotatable bonds is 7. The van der Waals surface area contributed by atoms with Crippen molar-refractivity contribution in [1.82, 2.24) is 4.90 Å². The molecular formula is C22H23F3N4O4. The fraction of sp³-hybridized carbons (Fsp3) is 0.364. The van der Waals surface area contributed by atoms with Crippen LogP contribution in [-0.2, 0) is 15.8 Å². The number of alkyl halides is 3. The fourth-order valence-corrected chi connectivity index (χ4v) is 3.65. The Labute approximate surface area is 187 Å². The molecule has 1 saturated heterocycles. The van der Waals surface area contributed by atoms with Crippen molar-refractivity contribution in [3.63, 3.8) is 0 Å². The highest BCUT2D eigenvalue weighted by Crippen LogP contribution is 2.35. The maximum Gasteiger partial charge on any atom is 0.416 e. The first-order valence-electron chi connectivity index (χ1n) is 10.4. The van der Waals surface area contributed by atoms with Crippen LogP contribution in [0.4, 0.5) is 30.2 Å². The summed E-state index contributed by atoms with van der Waals surface area (Å²) in [6.07, 6.45) is -3.41. The SMILES string of the molecule is O=C(Nc1ccccc1)C1CCCN(C(=O)CCNc2ccc(C(F)(F)F)cc2[N+](=O)[O-])C1. The first kappa shape index (κ1) is 24.0. The molecule has 0 radical (unpaired) electrons. The highest BCUT2D eigenvalue weighted by Gasteiger charge is 2.33. The van der Waals surface area contributed by atoms with Crippen molar-refractivity contribution in [3.8, 4) is 0 Å². The van der Waals surface area contributed by atoms with E-state index in [9.17, 15) is 32.9 Å². The van der Waals surface area contributed by atoms with E-state index in [-0.39, 0.29) is 42.9 Å². The van der Waals surface area contributed by atoms with Crippen molar-refractivity contribution >= 4 is 28.9 Å². The number of nitrogens with one attached hydrogen (secondary N) is 2. The van der Waals surface area contributed by atoms with Gasteiger partial charge in [0.2, 0.25) is 11.8 Å². The third-order valence-electron chi connectivity index (χ3n) is 5.36. The number of nitrogens with zero attached hydrogens (tertiary/aromatic N) is 2. The molecule has 0 bridgehead atoms. The van der Waals surface area contributed by atoms with Crippen LogP contribution >= 0.6 is 0 Å². The number of amides is 2. The lowest BCUT2D eigenvalue weighted by Crippen LogP contribution is -2.44. The Morgan fingerprint density at radius 3 is 2.55 bits per heavy atom. The van der Waals surface area contributed by atoms with Crippen molar-refractivity contribution in [3.05, 3.63) is 64.2 Å². The van der Waals surface area contributed by atoms with Gasteiger partial charge in [-0.05, 0) is 37.1 Å². The van der Waals surface area contributed by atoms with Gasteiger partial charge in [0.25, 0.3) is 5.69 Å². The summed E-state index contributed by atoms with van der Waals surface area (Å²) in [5, 5.41) is 16.7. The van der Waals surface area contributed by atoms with Gasteiger partial charge in [-0.3, -0.25) is 19.7 Å². The zero-order valence-corrected chi connectivity index (χ0v) is 17.6. The molecule has 8 nitrogen and oxygen atoms in total. The molecule has 1 fully saturated rings. The van der Waals surface area contributed by atoms with Gasteiger partial charge in [-0.1, -0.05) is 18.2 Å². The monoisotopic (exact) mass is 464 g/mol. The first-order chi connectivity index (χ1) is 15.6. The van der Waals surface area contributed by atoms with Gasteiger partial charge in [0.15, 0.2) is 0 Å². The van der Waals surface area contributed by atoms with E-state index in [4.69, 9.17) is 0 Å². The molecule has 0 aliphatic carbocycles. The molecule has 2 N–H and O–H groups in total. The number of carbonyl (C=O) groups is 2. The molecule has 2 aromatic carbocycles. The lowest BCUT2D eigenvalue weighted by Gasteiger charge is -2.32. The minimum Gasteiger partial charge on any atom is -0.379 e. The molecule has 176 valence electrons. The normalized spacial score (nSPS) is 16.2. The van der Waals surface area contributed by atoms with Crippen LogP contribution in [0.2, 0.25) is 0 Å². The smallest absolute Gasteiger partial charge is 0.379 e. The van der Waals surface area contributed by atoms with Crippen LogP contribution in [0.15, 0.2) is 48.5 Å². The van der Waals surface area contributed by atoms with E-state index in [1.807, 2.05) is 6.07 Å². The quantitative estimate of drug-likeness (QED) is 0.470. The number of benzene rings is 2. The second-order valence-corrected chi connectivity index (χ2v) is 7.70. The summed E-state index contributed by atoms with van der Waals surface area (Å²) < 4.78 is 38.4. The van der Waals surface area contributed by atoms with E-state index in [2.05, 4.69) is 10.6 Å². The average Bonchev–Trinajstić information content (AvgIpc) is 2.79. The van der Waals surface area contributed by atoms with Crippen LogP contribution in [0.1, 0.15) is 24.8 Å². The lowest BCUT2D eigenvalue weighted by atomic mass is 9.96. The number of nitro groups is 1. The van der Waals surface area contributed by atoms with Gasteiger partial charge < -0.3 is 15.5 Å². The standard InChI is InChI=1S/C22H23F3N4O4/c23-22(24,25)16-8-9-18(19(13-16)29(32)33)26-11-10-20(30)28-12-4-5-15(14-28)21(31)27-17-6-2-1-3-7-17/h1-3,6-9,13,15,26H,4-5,10-12,14H2,(H,27,31). The van der Waals surface area contributed by atoms with Crippen LogP contribution in [0.3, 0.4) is 0 Å². The molecule has 0 saturated carbocycles. The molecule has 1 aliphatic rings. The molecule has 2 amide bonds. The second-order valence-electron chi connectivity index (χ2n) is 7.70. The lowest BCUT2D eigenvalue weighted by molar-refractivity contribution is -0.384. The first-order valence-corrected chi connectivity index (χ1v) is 10.4. The van der Waals surface area contributed by atoms with Crippen LogP contribution in [0, 0.1) is 16.0 Å². The topological polar surface area (TPSA) is 105 Å². The van der Waals surface area contributed by atoms with E-state index in [0.29, 0.717) is 31.1 Å². The second kappa shape index (κ2) is 10.3. The maximum atomic E-state index is 12.8. The summed E-state index contributed by atoms with van der Waals surface area (Å²) in [5.41, 5.74) is -1.26. The molecule has 1 atom stereocenters. The molecule has 3 rings (SSSR count). The van der Waals surface area contributed by atoms with Crippen molar-refractivity contribution in [2.24, 2.45) is 5.92 Å². The zero-order valence-electron chi connectivity index (χ0n) is 17.6. The summed E-state index contributed by atoms with van der Waals surface area (Å²) in [5.74, 6) is -0.765. The number of halogens is 3. The summed E-state index contributed by atoms with van der Waals surface area (Å²) in [4.78, 5) is 36.9. The van der Waals surface area contributed by atoms with Crippen molar-refractivity contribution in [2.75, 3.05) is 30.3 Å². The summed E-state index contributed by atoms with van der Waals surface area (Å²) in [6.45, 7) is 0.759. The van der Waals surface area contributed by atoms with Crippen molar-refractivity contribution < 1.29 is 27.7 Å².